The SMILES string of the molecule is CC[C@H](NC(=O)COc1cccc(C)c1)c1ccc(OC)c(C)c1. The minimum Gasteiger partial charge on any atom is -0.496 e. The van der Waals surface area contributed by atoms with Crippen molar-refractivity contribution in [2.24, 2.45) is 0 Å². The number of rotatable bonds is 7. The van der Waals surface area contributed by atoms with Crippen LogP contribution in [0.4, 0.5) is 0 Å². The molecular formula is C20H25NO3. The summed E-state index contributed by atoms with van der Waals surface area (Å²) >= 11 is 0. The molecule has 0 aliphatic carbocycles. The molecule has 2 aromatic rings. The first kappa shape index (κ1) is 17.9. The van der Waals surface area contributed by atoms with Crippen LogP contribution < -0.4 is 14.8 Å². The number of nitrogens with one attached hydrogen (secondary N) is 1. The maximum atomic E-state index is 12.2. The van der Waals surface area contributed by atoms with Gasteiger partial charge < -0.3 is 14.8 Å². The molecule has 24 heavy (non-hydrogen) atoms. The minimum atomic E-state index is -0.128. The maximum absolute atomic E-state index is 12.2. The van der Waals surface area contributed by atoms with Crippen LogP contribution in [-0.2, 0) is 4.79 Å². The van der Waals surface area contributed by atoms with Crippen LogP contribution in [0.5, 0.6) is 11.5 Å². The van der Waals surface area contributed by atoms with Gasteiger partial charge in [0.25, 0.3) is 5.91 Å². The van der Waals surface area contributed by atoms with Crippen molar-refractivity contribution in [3.8, 4) is 11.5 Å². The highest BCUT2D eigenvalue weighted by Crippen LogP contribution is 2.24. The van der Waals surface area contributed by atoms with Crippen molar-refractivity contribution in [3.63, 3.8) is 0 Å². The number of hydrogen-bond donors (Lipinski definition) is 1. The summed E-state index contributed by atoms with van der Waals surface area (Å²) in [4.78, 5) is 12.2. The maximum Gasteiger partial charge on any atom is 0.258 e. The molecule has 0 fully saturated rings. The van der Waals surface area contributed by atoms with Gasteiger partial charge in [-0.2, -0.15) is 0 Å². The van der Waals surface area contributed by atoms with Gasteiger partial charge in [-0.25, -0.2) is 0 Å². The lowest BCUT2D eigenvalue weighted by Gasteiger charge is -2.19. The van der Waals surface area contributed by atoms with Crippen LogP contribution in [0.25, 0.3) is 0 Å². The first-order chi connectivity index (χ1) is 11.5. The lowest BCUT2D eigenvalue weighted by molar-refractivity contribution is -0.123. The van der Waals surface area contributed by atoms with Crippen LogP contribution in [0, 0.1) is 13.8 Å². The number of amides is 1. The van der Waals surface area contributed by atoms with Crippen LogP contribution in [0.3, 0.4) is 0 Å². The third kappa shape index (κ3) is 4.75. The normalized spacial score (nSPS) is 11.7. The summed E-state index contributed by atoms with van der Waals surface area (Å²) in [5.41, 5.74) is 3.23. The highest BCUT2D eigenvalue weighted by Gasteiger charge is 2.14. The number of benzene rings is 2. The van der Waals surface area contributed by atoms with Crippen LogP contribution in [0.15, 0.2) is 42.5 Å². The molecule has 0 bridgehead atoms. The van der Waals surface area contributed by atoms with Crippen LogP contribution in [0.2, 0.25) is 0 Å². The second-order valence-electron chi connectivity index (χ2n) is 5.86. The van der Waals surface area contributed by atoms with Gasteiger partial charge in [-0.1, -0.05) is 31.2 Å². The summed E-state index contributed by atoms with van der Waals surface area (Å²) < 4.78 is 10.8. The molecule has 2 aromatic carbocycles. The van der Waals surface area contributed by atoms with Gasteiger partial charge in [-0.15, -0.1) is 0 Å². The number of aryl methyl sites for hydroxylation is 2. The monoisotopic (exact) mass is 327 g/mol. The van der Waals surface area contributed by atoms with E-state index in [4.69, 9.17) is 9.47 Å². The second kappa shape index (κ2) is 8.39. The van der Waals surface area contributed by atoms with Crippen LogP contribution >= 0.6 is 0 Å². The third-order valence-electron chi connectivity index (χ3n) is 3.92. The van der Waals surface area contributed by atoms with E-state index in [1.54, 1.807) is 7.11 Å². The average molecular weight is 327 g/mol. The smallest absolute Gasteiger partial charge is 0.258 e. The molecule has 0 unspecified atom stereocenters. The number of hydrogen-bond acceptors (Lipinski definition) is 3. The first-order valence-electron chi connectivity index (χ1n) is 8.16. The molecule has 4 nitrogen and oxygen atoms in total. The molecule has 0 heterocycles. The van der Waals surface area contributed by atoms with Crippen molar-refractivity contribution in [2.45, 2.75) is 33.2 Å². The van der Waals surface area contributed by atoms with Gasteiger partial charge in [-0.05, 0) is 55.2 Å². The van der Waals surface area contributed by atoms with E-state index in [9.17, 15) is 4.79 Å². The Morgan fingerprint density at radius 2 is 1.96 bits per heavy atom. The minimum absolute atomic E-state index is 0.00902. The zero-order valence-corrected chi connectivity index (χ0v) is 14.8. The fraction of sp³-hybridized carbons (Fsp3) is 0.350. The molecule has 0 aromatic heterocycles. The van der Waals surface area contributed by atoms with E-state index >= 15 is 0 Å². The molecule has 4 heteroatoms. The molecule has 1 amide bonds. The van der Waals surface area contributed by atoms with E-state index in [1.807, 2.05) is 57.2 Å². The average Bonchev–Trinajstić information content (AvgIpc) is 2.58. The Bertz CT molecular complexity index is 697. The topological polar surface area (TPSA) is 47.6 Å². The van der Waals surface area contributed by atoms with Gasteiger partial charge in [0.15, 0.2) is 6.61 Å². The molecular weight excluding hydrogens is 302 g/mol. The summed E-state index contributed by atoms with van der Waals surface area (Å²) in [5.74, 6) is 1.43. The van der Waals surface area contributed by atoms with Gasteiger partial charge in [0.1, 0.15) is 11.5 Å². The van der Waals surface area contributed by atoms with Crippen LogP contribution in [-0.4, -0.2) is 19.6 Å². The van der Waals surface area contributed by atoms with Crippen molar-refractivity contribution in [3.05, 3.63) is 59.2 Å². The van der Waals surface area contributed by atoms with Gasteiger partial charge in [-0.3, -0.25) is 4.79 Å². The Balaban J connectivity index is 1.96. The summed E-state index contributed by atoms with van der Waals surface area (Å²) in [7, 11) is 1.66. The van der Waals surface area contributed by atoms with Gasteiger partial charge >= 0.3 is 0 Å². The van der Waals surface area contributed by atoms with E-state index in [1.165, 1.54) is 0 Å². The van der Waals surface area contributed by atoms with Crippen molar-refractivity contribution in [2.75, 3.05) is 13.7 Å². The predicted molar refractivity (Wildman–Crippen MR) is 95.6 cm³/mol. The number of ether oxygens (including phenoxy) is 2. The van der Waals surface area contributed by atoms with Gasteiger partial charge in [0.05, 0.1) is 13.2 Å². The molecule has 0 aliphatic rings. The Hall–Kier alpha value is -2.49. The van der Waals surface area contributed by atoms with Crippen molar-refractivity contribution < 1.29 is 14.3 Å². The molecule has 0 saturated heterocycles. The summed E-state index contributed by atoms with van der Waals surface area (Å²) in [6, 6.07) is 13.6. The van der Waals surface area contributed by atoms with Crippen LogP contribution in [0.1, 0.15) is 36.1 Å². The summed E-state index contributed by atoms with van der Waals surface area (Å²) in [6.45, 7) is 6.05. The Kier molecular flexibility index (Phi) is 6.24. The zero-order valence-electron chi connectivity index (χ0n) is 14.8. The van der Waals surface area contributed by atoms with E-state index in [-0.39, 0.29) is 18.6 Å². The first-order valence-corrected chi connectivity index (χ1v) is 8.16. The molecule has 0 aliphatic heterocycles. The summed E-state index contributed by atoms with van der Waals surface area (Å²) in [6.07, 6.45) is 0.807. The summed E-state index contributed by atoms with van der Waals surface area (Å²) in [5, 5.41) is 3.03. The highest BCUT2D eigenvalue weighted by molar-refractivity contribution is 5.78. The zero-order chi connectivity index (χ0) is 17.5. The van der Waals surface area contributed by atoms with E-state index in [0.717, 1.165) is 28.9 Å². The molecule has 0 radical (unpaired) electrons. The predicted octanol–water partition coefficient (Wildman–Crippen LogP) is 3.96. The third-order valence-corrected chi connectivity index (χ3v) is 3.92. The standard InChI is InChI=1S/C20H25NO3/c1-5-18(16-9-10-19(23-4)15(3)12-16)21-20(22)13-24-17-8-6-7-14(2)11-17/h6-12,18H,5,13H2,1-4H3,(H,21,22)/t18-/m0/s1. The van der Waals surface area contributed by atoms with Crippen molar-refractivity contribution in [1.29, 1.82) is 0 Å². The lowest BCUT2D eigenvalue weighted by Crippen LogP contribution is -2.32. The molecule has 0 saturated carbocycles. The Morgan fingerprint density at radius 1 is 1.17 bits per heavy atom. The van der Waals surface area contributed by atoms with Gasteiger partial charge in [0.2, 0.25) is 0 Å². The number of carbonyl (C=O) groups excluding carboxylic acids is 1. The molecule has 1 N–H and O–H groups in total. The fourth-order valence-corrected chi connectivity index (χ4v) is 2.63. The number of carbonyl (C=O) groups is 1. The lowest BCUT2D eigenvalue weighted by atomic mass is 10.0. The van der Waals surface area contributed by atoms with E-state index < -0.39 is 0 Å². The fourth-order valence-electron chi connectivity index (χ4n) is 2.63. The molecule has 2 rings (SSSR count). The quantitative estimate of drug-likeness (QED) is 0.837. The Morgan fingerprint density at radius 3 is 2.58 bits per heavy atom. The van der Waals surface area contributed by atoms with Crippen molar-refractivity contribution >= 4 is 5.91 Å². The Labute approximate surface area is 143 Å². The van der Waals surface area contributed by atoms with E-state index in [0.29, 0.717) is 5.75 Å². The molecule has 0 spiro atoms. The largest absolute Gasteiger partial charge is 0.496 e. The van der Waals surface area contributed by atoms with E-state index in [2.05, 4.69) is 11.4 Å². The second-order valence-corrected chi connectivity index (χ2v) is 5.86. The van der Waals surface area contributed by atoms with Crippen molar-refractivity contribution in [1.82, 2.24) is 5.32 Å². The van der Waals surface area contributed by atoms with Gasteiger partial charge in [0, 0.05) is 0 Å². The molecule has 128 valence electrons. The molecule has 1 atom stereocenters. The highest BCUT2D eigenvalue weighted by atomic mass is 16.5. The number of methoxy groups -OCH3 is 1.